The maximum atomic E-state index is 13.1. The SMILES string of the molecule is CC(=O)Nc1ccn([C@@H]2O[C@H]([C@@H](COC(C)=O)NC(=O)[C@H](C)NC(=O)OC(C)(C)C)[C@@H](OC(C)=O)[C@H]2OC(C)=O)c(=O)n1. The van der Waals surface area contributed by atoms with E-state index >= 15 is 0 Å². The van der Waals surface area contributed by atoms with Crippen molar-refractivity contribution in [1.82, 2.24) is 20.2 Å². The smallest absolute Gasteiger partial charge is 0.408 e. The van der Waals surface area contributed by atoms with E-state index in [1.54, 1.807) is 20.8 Å². The Morgan fingerprint density at radius 1 is 0.977 bits per heavy atom. The first-order valence-corrected chi connectivity index (χ1v) is 13.2. The second-order valence-corrected chi connectivity index (χ2v) is 10.6. The highest BCUT2D eigenvalue weighted by Gasteiger charge is 2.53. The molecule has 43 heavy (non-hydrogen) atoms. The fourth-order valence-corrected chi connectivity index (χ4v) is 4.00. The normalized spacial score (nSPS) is 21.0. The van der Waals surface area contributed by atoms with E-state index in [4.69, 9.17) is 23.7 Å². The van der Waals surface area contributed by atoms with Crippen LogP contribution in [0.5, 0.6) is 0 Å². The Labute approximate surface area is 246 Å². The van der Waals surface area contributed by atoms with Crippen LogP contribution in [0.3, 0.4) is 0 Å². The fourth-order valence-electron chi connectivity index (χ4n) is 4.00. The molecule has 1 aromatic rings. The van der Waals surface area contributed by atoms with Crippen LogP contribution in [0.2, 0.25) is 0 Å². The van der Waals surface area contributed by atoms with Gasteiger partial charge in [0.05, 0.1) is 6.04 Å². The summed E-state index contributed by atoms with van der Waals surface area (Å²) in [6.07, 6.45) is -5.33. The van der Waals surface area contributed by atoms with E-state index in [-0.39, 0.29) is 5.82 Å². The lowest BCUT2D eigenvalue weighted by Crippen LogP contribution is -2.56. The number of aromatic nitrogens is 2. The van der Waals surface area contributed by atoms with Gasteiger partial charge in [-0.1, -0.05) is 0 Å². The minimum Gasteiger partial charge on any atom is -0.464 e. The van der Waals surface area contributed by atoms with Crippen molar-refractivity contribution in [2.24, 2.45) is 0 Å². The average molecular weight is 612 g/mol. The summed E-state index contributed by atoms with van der Waals surface area (Å²) < 4.78 is 28.1. The van der Waals surface area contributed by atoms with Crippen LogP contribution in [0.25, 0.3) is 0 Å². The number of anilines is 1. The molecule has 0 radical (unpaired) electrons. The topological polar surface area (TPSA) is 220 Å². The zero-order valence-electron chi connectivity index (χ0n) is 25.1. The van der Waals surface area contributed by atoms with Gasteiger partial charge in [-0.05, 0) is 33.8 Å². The first-order chi connectivity index (χ1) is 19.9. The molecule has 1 saturated heterocycles. The van der Waals surface area contributed by atoms with Crippen molar-refractivity contribution >= 4 is 41.6 Å². The van der Waals surface area contributed by atoms with Crippen LogP contribution < -0.4 is 21.6 Å². The van der Waals surface area contributed by atoms with Crippen LogP contribution in [0, 0.1) is 0 Å². The monoisotopic (exact) mass is 611 g/mol. The average Bonchev–Trinajstić information content (AvgIpc) is 3.16. The lowest BCUT2D eigenvalue weighted by atomic mass is 10.0. The molecule has 1 aliphatic heterocycles. The number of nitrogens with zero attached hydrogens (tertiary/aromatic N) is 2. The molecule has 1 fully saturated rings. The first-order valence-electron chi connectivity index (χ1n) is 13.2. The molecule has 0 aliphatic carbocycles. The maximum Gasteiger partial charge on any atom is 0.408 e. The largest absolute Gasteiger partial charge is 0.464 e. The Bertz CT molecular complexity index is 1290. The van der Waals surface area contributed by atoms with Gasteiger partial charge in [-0.2, -0.15) is 4.98 Å². The van der Waals surface area contributed by atoms with E-state index in [1.165, 1.54) is 26.1 Å². The van der Waals surface area contributed by atoms with Gasteiger partial charge in [0.15, 0.2) is 18.4 Å². The number of esters is 3. The Balaban J connectivity index is 2.48. The number of hydrogen-bond donors (Lipinski definition) is 3. The number of nitrogens with one attached hydrogen (secondary N) is 3. The van der Waals surface area contributed by atoms with Crippen LogP contribution in [-0.4, -0.2) is 88.0 Å². The molecular weight excluding hydrogens is 574 g/mol. The first kappa shape index (κ1) is 34.7. The highest BCUT2D eigenvalue weighted by atomic mass is 16.6. The molecule has 0 unspecified atom stereocenters. The quantitative estimate of drug-likeness (QED) is 0.233. The Kier molecular flexibility index (Phi) is 11.7. The summed E-state index contributed by atoms with van der Waals surface area (Å²) >= 11 is 0. The van der Waals surface area contributed by atoms with E-state index in [2.05, 4.69) is 20.9 Å². The lowest BCUT2D eigenvalue weighted by Gasteiger charge is -2.29. The second kappa shape index (κ2) is 14.6. The van der Waals surface area contributed by atoms with Crippen molar-refractivity contribution in [3.05, 3.63) is 22.7 Å². The molecule has 0 bridgehead atoms. The van der Waals surface area contributed by atoms with Gasteiger partial charge >= 0.3 is 29.7 Å². The van der Waals surface area contributed by atoms with Gasteiger partial charge < -0.3 is 39.6 Å². The molecular formula is C26H37N5O12. The van der Waals surface area contributed by atoms with E-state index in [9.17, 15) is 33.6 Å². The van der Waals surface area contributed by atoms with Gasteiger partial charge in [0.2, 0.25) is 11.8 Å². The zero-order valence-corrected chi connectivity index (χ0v) is 25.1. The predicted octanol–water partition coefficient (Wildman–Crippen LogP) is -0.0764. The summed E-state index contributed by atoms with van der Waals surface area (Å²) in [6, 6.07) is -1.13. The van der Waals surface area contributed by atoms with Crippen LogP contribution >= 0.6 is 0 Å². The van der Waals surface area contributed by atoms with E-state index in [0.717, 1.165) is 25.3 Å². The lowest BCUT2D eigenvalue weighted by molar-refractivity contribution is -0.166. The molecule has 3 amide bonds. The maximum absolute atomic E-state index is 13.1. The molecule has 1 aromatic heterocycles. The van der Waals surface area contributed by atoms with Gasteiger partial charge in [-0.3, -0.25) is 28.5 Å². The van der Waals surface area contributed by atoms with Crippen molar-refractivity contribution in [1.29, 1.82) is 0 Å². The van der Waals surface area contributed by atoms with Crippen LogP contribution in [0.1, 0.15) is 61.6 Å². The van der Waals surface area contributed by atoms with E-state index in [1.807, 2.05) is 0 Å². The fraction of sp³-hybridized carbons (Fsp3) is 0.615. The molecule has 3 N–H and O–H groups in total. The summed E-state index contributed by atoms with van der Waals surface area (Å²) in [4.78, 5) is 89.2. The molecule has 17 nitrogen and oxygen atoms in total. The number of alkyl carbamates (subject to hydrolysis) is 1. The van der Waals surface area contributed by atoms with Crippen molar-refractivity contribution in [3.63, 3.8) is 0 Å². The van der Waals surface area contributed by atoms with Gasteiger partial charge in [-0.15, -0.1) is 0 Å². The highest BCUT2D eigenvalue weighted by Crippen LogP contribution is 2.35. The summed E-state index contributed by atoms with van der Waals surface area (Å²) in [6.45, 7) is 10.3. The second-order valence-electron chi connectivity index (χ2n) is 10.6. The number of rotatable bonds is 10. The molecule has 0 aromatic carbocycles. The van der Waals surface area contributed by atoms with Gasteiger partial charge in [0.1, 0.15) is 30.2 Å². The minimum absolute atomic E-state index is 0.0599. The number of ether oxygens (including phenoxy) is 5. The third-order valence-electron chi connectivity index (χ3n) is 5.55. The molecule has 2 heterocycles. The Morgan fingerprint density at radius 2 is 1.58 bits per heavy atom. The molecule has 6 atom stereocenters. The summed E-state index contributed by atoms with van der Waals surface area (Å²) in [5.41, 5.74) is -1.76. The number of carbonyl (C=O) groups excluding carboxylic acids is 6. The van der Waals surface area contributed by atoms with E-state index < -0.39 is 90.3 Å². The van der Waals surface area contributed by atoms with Crippen molar-refractivity contribution in [2.45, 2.75) is 97.6 Å². The molecule has 17 heteroatoms. The van der Waals surface area contributed by atoms with Gasteiger partial charge in [0, 0.05) is 33.9 Å². The molecule has 2 rings (SSSR count). The van der Waals surface area contributed by atoms with Crippen molar-refractivity contribution < 1.29 is 52.5 Å². The number of hydrogen-bond acceptors (Lipinski definition) is 13. The highest BCUT2D eigenvalue weighted by molar-refractivity contribution is 5.87. The van der Waals surface area contributed by atoms with Crippen molar-refractivity contribution in [3.8, 4) is 0 Å². The number of carbonyl (C=O) groups is 6. The van der Waals surface area contributed by atoms with Gasteiger partial charge in [0.25, 0.3) is 0 Å². The summed E-state index contributed by atoms with van der Waals surface area (Å²) in [5, 5.41) is 7.32. The van der Waals surface area contributed by atoms with E-state index in [0.29, 0.717) is 0 Å². The molecule has 1 aliphatic rings. The van der Waals surface area contributed by atoms with Crippen molar-refractivity contribution in [2.75, 3.05) is 11.9 Å². The molecule has 0 saturated carbocycles. The predicted molar refractivity (Wildman–Crippen MR) is 145 cm³/mol. The Morgan fingerprint density at radius 3 is 2.09 bits per heavy atom. The standard InChI is InChI=1S/C26H37N5O12/c1-12(27-25(38)43-26(6,7)8)22(36)29-17(11-39-14(3)33)19-20(40-15(4)34)21(41-16(5)35)23(42-19)31-10-9-18(28-13(2)32)30-24(31)37/h9-10,12,17,19-21,23H,11H2,1-8H3,(H,27,38)(H,29,36)(H,28,30,32,37)/t12-,17+,19+,20+,21+,23+/m0/s1. The molecule has 0 spiro atoms. The summed E-state index contributed by atoms with van der Waals surface area (Å²) in [7, 11) is 0. The zero-order chi connectivity index (χ0) is 32.6. The minimum atomic E-state index is -1.45. The summed E-state index contributed by atoms with van der Waals surface area (Å²) in [5.74, 6) is -3.66. The van der Waals surface area contributed by atoms with Crippen LogP contribution in [-0.2, 0) is 47.7 Å². The van der Waals surface area contributed by atoms with Gasteiger partial charge in [-0.25, -0.2) is 9.59 Å². The van der Waals surface area contributed by atoms with Crippen LogP contribution in [0.4, 0.5) is 10.6 Å². The number of amides is 3. The molecule has 238 valence electrons. The third-order valence-corrected chi connectivity index (χ3v) is 5.55. The Hall–Kier alpha value is -4.54. The van der Waals surface area contributed by atoms with Crippen LogP contribution in [0.15, 0.2) is 17.1 Å². The third kappa shape index (κ3) is 10.7.